The summed E-state index contributed by atoms with van der Waals surface area (Å²) in [4.78, 5) is 26.9. The average molecular weight is 550 g/mol. The number of anilines is 1. The van der Waals surface area contributed by atoms with E-state index in [1.165, 1.54) is 64.5 Å². The van der Waals surface area contributed by atoms with E-state index in [-0.39, 0.29) is 11.9 Å². The molecular formula is C30H47N9O. The molecule has 3 aromatic heterocycles. The molecule has 0 aromatic carbocycles. The fraction of sp³-hybridized carbons (Fsp3) is 0.667. The third-order valence-electron chi connectivity index (χ3n) is 8.43. The van der Waals surface area contributed by atoms with Gasteiger partial charge in [-0.15, -0.1) is 0 Å². The van der Waals surface area contributed by atoms with Gasteiger partial charge in [-0.25, -0.2) is 14.6 Å². The minimum absolute atomic E-state index is 0.0956. The lowest BCUT2D eigenvalue weighted by Gasteiger charge is -2.32. The number of nitrogens with zero attached hydrogens (tertiary/aromatic N) is 7. The Hall–Kier alpha value is -2.98. The van der Waals surface area contributed by atoms with Crippen molar-refractivity contribution in [3.05, 3.63) is 36.5 Å². The normalized spacial score (nSPS) is 19.5. The molecule has 10 heteroatoms. The smallest absolute Gasteiger partial charge is 0.272 e. The molecule has 0 bridgehead atoms. The summed E-state index contributed by atoms with van der Waals surface area (Å²) in [5.41, 5.74) is 1.25. The van der Waals surface area contributed by atoms with E-state index in [9.17, 15) is 4.79 Å². The Labute approximate surface area is 238 Å². The van der Waals surface area contributed by atoms with Gasteiger partial charge in [0.1, 0.15) is 5.82 Å². The van der Waals surface area contributed by atoms with E-state index in [4.69, 9.17) is 4.98 Å². The number of amides is 1. The van der Waals surface area contributed by atoms with Gasteiger partial charge in [0, 0.05) is 64.8 Å². The standard InChI is InChI=1S/C24H34N8O.C6H13N/c1-29-23-20(6-7-21(27-23)32-11-4-2-3-5-12-32)22(28-29)24(33)26-19-8-13-30(14-9-19)16-17-31-15-10-25-18-31;1-2-4-6-7-5-3-1/h6-7,10,15,18-19H,2-5,8-9,11-14,16-17H2,1H3,(H,26,33);7H,1-6H2. The van der Waals surface area contributed by atoms with Gasteiger partial charge < -0.3 is 25.0 Å². The summed E-state index contributed by atoms with van der Waals surface area (Å²) in [6, 6.07) is 4.25. The number of fused-ring (bicyclic) bond motifs is 1. The van der Waals surface area contributed by atoms with E-state index in [1.54, 1.807) is 4.68 Å². The molecule has 2 N–H and O–H groups in total. The van der Waals surface area contributed by atoms with Crippen LogP contribution in [0.5, 0.6) is 0 Å². The second-order valence-corrected chi connectivity index (χ2v) is 11.5. The van der Waals surface area contributed by atoms with Gasteiger partial charge >= 0.3 is 0 Å². The van der Waals surface area contributed by atoms with Crippen LogP contribution in [-0.2, 0) is 13.6 Å². The van der Waals surface area contributed by atoms with Crippen LogP contribution in [0.3, 0.4) is 0 Å². The maximum absolute atomic E-state index is 13.1. The number of piperidine rings is 1. The molecule has 6 rings (SSSR count). The lowest BCUT2D eigenvalue weighted by molar-refractivity contribution is 0.0906. The molecule has 0 aliphatic carbocycles. The Balaban J connectivity index is 0.000000403. The predicted octanol–water partition coefficient (Wildman–Crippen LogP) is 3.59. The molecule has 3 fully saturated rings. The van der Waals surface area contributed by atoms with Crippen LogP contribution in [0.25, 0.3) is 11.0 Å². The van der Waals surface area contributed by atoms with E-state index in [1.807, 2.05) is 37.9 Å². The number of rotatable bonds is 6. The lowest BCUT2D eigenvalue weighted by atomic mass is 10.0. The van der Waals surface area contributed by atoms with Crippen molar-refractivity contribution in [1.29, 1.82) is 0 Å². The molecular weight excluding hydrogens is 502 g/mol. The van der Waals surface area contributed by atoms with Gasteiger partial charge in [-0.05, 0) is 63.7 Å². The van der Waals surface area contributed by atoms with Crippen molar-refractivity contribution in [1.82, 2.24) is 39.8 Å². The zero-order valence-corrected chi connectivity index (χ0v) is 24.2. The van der Waals surface area contributed by atoms with Crippen LogP contribution in [-0.4, -0.2) is 87.0 Å². The van der Waals surface area contributed by atoms with Crippen molar-refractivity contribution in [2.45, 2.75) is 76.8 Å². The van der Waals surface area contributed by atoms with Crippen LogP contribution in [0.15, 0.2) is 30.9 Å². The van der Waals surface area contributed by atoms with Gasteiger partial charge in [0.25, 0.3) is 5.91 Å². The molecule has 218 valence electrons. The Morgan fingerprint density at radius 2 is 1.68 bits per heavy atom. The van der Waals surface area contributed by atoms with E-state index in [0.29, 0.717) is 5.69 Å². The van der Waals surface area contributed by atoms with Crippen molar-refractivity contribution < 1.29 is 4.79 Å². The number of aromatic nitrogens is 5. The van der Waals surface area contributed by atoms with Gasteiger partial charge in [-0.2, -0.15) is 5.10 Å². The molecule has 3 aliphatic rings. The summed E-state index contributed by atoms with van der Waals surface area (Å²) < 4.78 is 3.84. The van der Waals surface area contributed by atoms with Crippen molar-refractivity contribution in [2.75, 3.05) is 50.7 Å². The number of nitrogens with one attached hydrogen (secondary N) is 2. The number of hydrogen-bond acceptors (Lipinski definition) is 7. The third-order valence-corrected chi connectivity index (χ3v) is 8.43. The molecule has 0 spiro atoms. The van der Waals surface area contributed by atoms with Gasteiger partial charge in [0.15, 0.2) is 11.3 Å². The highest BCUT2D eigenvalue weighted by molar-refractivity contribution is 6.04. The Morgan fingerprint density at radius 3 is 2.38 bits per heavy atom. The zero-order chi connectivity index (χ0) is 27.6. The lowest BCUT2D eigenvalue weighted by Crippen LogP contribution is -2.45. The maximum atomic E-state index is 13.1. The molecule has 40 heavy (non-hydrogen) atoms. The number of carbonyl (C=O) groups excluding carboxylic acids is 1. The molecule has 3 aromatic rings. The first-order valence-electron chi connectivity index (χ1n) is 15.5. The van der Waals surface area contributed by atoms with E-state index in [0.717, 1.165) is 69.0 Å². The molecule has 0 saturated carbocycles. The number of pyridine rings is 1. The Bertz CT molecular complexity index is 1160. The average Bonchev–Trinajstić information content (AvgIpc) is 3.35. The van der Waals surface area contributed by atoms with E-state index in [2.05, 4.69) is 35.1 Å². The van der Waals surface area contributed by atoms with Gasteiger partial charge in [-0.3, -0.25) is 4.79 Å². The Morgan fingerprint density at radius 1 is 0.950 bits per heavy atom. The minimum Gasteiger partial charge on any atom is -0.357 e. The van der Waals surface area contributed by atoms with Crippen molar-refractivity contribution in [3.8, 4) is 0 Å². The van der Waals surface area contributed by atoms with Gasteiger partial charge in [0.05, 0.1) is 11.7 Å². The summed E-state index contributed by atoms with van der Waals surface area (Å²) in [5.74, 6) is 0.893. The highest BCUT2D eigenvalue weighted by Crippen LogP contribution is 2.23. The summed E-state index contributed by atoms with van der Waals surface area (Å²) in [6.45, 7) is 8.53. The fourth-order valence-corrected chi connectivity index (χ4v) is 5.97. The summed E-state index contributed by atoms with van der Waals surface area (Å²) >= 11 is 0. The molecule has 3 aliphatic heterocycles. The first-order valence-corrected chi connectivity index (χ1v) is 15.5. The number of hydrogen-bond donors (Lipinski definition) is 2. The van der Waals surface area contributed by atoms with Crippen LogP contribution in [0.4, 0.5) is 5.82 Å². The van der Waals surface area contributed by atoms with Crippen molar-refractivity contribution in [2.24, 2.45) is 7.05 Å². The minimum atomic E-state index is -0.0956. The number of imidazole rings is 1. The van der Waals surface area contributed by atoms with Gasteiger partial charge in [-0.1, -0.05) is 25.7 Å². The number of aryl methyl sites for hydroxylation is 1. The quantitative estimate of drug-likeness (QED) is 0.485. The highest BCUT2D eigenvalue weighted by Gasteiger charge is 2.24. The summed E-state index contributed by atoms with van der Waals surface area (Å²) in [5, 5.41) is 11.9. The largest absolute Gasteiger partial charge is 0.357 e. The van der Waals surface area contributed by atoms with E-state index < -0.39 is 0 Å². The fourth-order valence-electron chi connectivity index (χ4n) is 5.97. The van der Waals surface area contributed by atoms with E-state index >= 15 is 0 Å². The van der Waals surface area contributed by atoms with Crippen LogP contribution in [0.1, 0.15) is 74.7 Å². The molecule has 1 amide bonds. The molecule has 0 atom stereocenters. The molecule has 0 unspecified atom stereocenters. The molecule has 3 saturated heterocycles. The zero-order valence-electron chi connectivity index (χ0n) is 24.2. The van der Waals surface area contributed by atoms with Crippen LogP contribution >= 0.6 is 0 Å². The maximum Gasteiger partial charge on any atom is 0.272 e. The van der Waals surface area contributed by atoms with Gasteiger partial charge in [0.2, 0.25) is 0 Å². The molecule has 0 radical (unpaired) electrons. The van der Waals surface area contributed by atoms with Crippen LogP contribution in [0, 0.1) is 0 Å². The van der Waals surface area contributed by atoms with Crippen molar-refractivity contribution in [3.63, 3.8) is 0 Å². The summed E-state index contributed by atoms with van der Waals surface area (Å²) in [7, 11) is 1.87. The first-order chi connectivity index (χ1) is 19.7. The number of carbonyl (C=O) groups is 1. The van der Waals surface area contributed by atoms with Crippen molar-refractivity contribution >= 4 is 22.8 Å². The SMILES string of the molecule is C1CCCNCC1.Cn1nc(C(=O)NC2CCN(CCn3ccnc3)CC2)c2ccc(N3CCCCCC3)nc21. The highest BCUT2D eigenvalue weighted by atomic mass is 16.2. The van der Waals surface area contributed by atoms with Crippen LogP contribution in [0.2, 0.25) is 0 Å². The topological polar surface area (TPSA) is 96.1 Å². The first kappa shape index (κ1) is 28.5. The molecule has 6 heterocycles. The van der Waals surface area contributed by atoms with Crippen LogP contribution < -0.4 is 15.5 Å². The summed E-state index contributed by atoms with van der Waals surface area (Å²) in [6.07, 6.45) is 18.2. The molecule has 10 nitrogen and oxygen atoms in total. The second kappa shape index (κ2) is 14.6. The predicted molar refractivity (Wildman–Crippen MR) is 160 cm³/mol. The second-order valence-electron chi connectivity index (χ2n) is 11.5. The number of likely N-dealkylation sites (tertiary alicyclic amines) is 1. The Kier molecular flexibility index (Phi) is 10.4. The third kappa shape index (κ3) is 7.81. The monoisotopic (exact) mass is 549 g/mol.